The first kappa shape index (κ1) is 16.0. The first-order chi connectivity index (χ1) is 9.02. The molecule has 0 spiro atoms. The maximum absolute atomic E-state index is 12.0. The Bertz CT molecular complexity index is 299. The second-order valence-electron chi connectivity index (χ2n) is 5.69. The van der Waals surface area contributed by atoms with E-state index in [1.54, 1.807) is 0 Å². The Morgan fingerprint density at radius 1 is 1.42 bits per heavy atom. The van der Waals surface area contributed by atoms with E-state index in [0.717, 1.165) is 25.9 Å². The summed E-state index contributed by atoms with van der Waals surface area (Å²) in [5.41, 5.74) is 0. The summed E-state index contributed by atoms with van der Waals surface area (Å²) in [6.45, 7) is 5.97. The first-order valence-corrected chi connectivity index (χ1v) is 7.10. The molecule has 2 atom stereocenters. The molecule has 0 aliphatic carbocycles. The Kier molecular flexibility index (Phi) is 6.84. The van der Waals surface area contributed by atoms with Crippen LogP contribution in [0.25, 0.3) is 0 Å². The number of carbonyl (C=O) groups is 2. The average molecular weight is 270 g/mol. The highest BCUT2D eigenvalue weighted by atomic mass is 16.5. The Morgan fingerprint density at radius 3 is 2.68 bits per heavy atom. The van der Waals surface area contributed by atoms with Gasteiger partial charge in [-0.25, -0.2) is 4.79 Å². The first-order valence-electron chi connectivity index (χ1n) is 7.10. The van der Waals surface area contributed by atoms with E-state index in [0.29, 0.717) is 24.7 Å². The molecule has 0 aromatic heterocycles. The average Bonchev–Trinajstić information content (AvgIpc) is 2.37. The molecular weight excluding hydrogens is 244 g/mol. The van der Waals surface area contributed by atoms with Gasteiger partial charge in [0.05, 0.1) is 7.11 Å². The van der Waals surface area contributed by atoms with E-state index in [9.17, 15) is 9.59 Å². The van der Waals surface area contributed by atoms with Crippen LogP contribution in [-0.2, 0) is 14.3 Å². The number of amides is 1. The number of ether oxygens (including phenoxy) is 1. The zero-order valence-electron chi connectivity index (χ0n) is 12.2. The predicted octanol–water partition coefficient (Wildman–Crippen LogP) is 1.08. The number of hydrogen-bond donors (Lipinski definition) is 2. The van der Waals surface area contributed by atoms with Crippen LogP contribution in [0, 0.1) is 11.8 Å². The fourth-order valence-corrected chi connectivity index (χ4v) is 2.44. The van der Waals surface area contributed by atoms with Gasteiger partial charge in [0, 0.05) is 6.42 Å². The molecule has 1 rings (SSSR count). The Morgan fingerprint density at radius 2 is 2.16 bits per heavy atom. The SMILES string of the molecule is COC(=O)C(CC(C)C)NC(=O)CC1CCCNC1. The standard InChI is InChI=1S/C14H26N2O3/c1-10(2)7-12(14(18)19-3)16-13(17)8-11-5-4-6-15-9-11/h10-12,15H,4-9H2,1-3H3,(H,16,17). The lowest BCUT2D eigenvalue weighted by Crippen LogP contribution is -2.43. The van der Waals surface area contributed by atoms with Crippen molar-refractivity contribution in [3.63, 3.8) is 0 Å². The number of esters is 1. The summed E-state index contributed by atoms with van der Waals surface area (Å²) in [6.07, 6.45) is 3.29. The number of carbonyl (C=O) groups excluding carboxylic acids is 2. The monoisotopic (exact) mass is 270 g/mol. The van der Waals surface area contributed by atoms with Crippen molar-refractivity contribution in [2.75, 3.05) is 20.2 Å². The molecule has 19 heavy (non-hydrogen) atoms. The van der Waals surface area contributed by atoms with Crippen LogP contribution >= 0.6 is 0 Å². The van der Waals surface area contributed by atoms with E-state index in [2.05, 4.69) is 10.6 Å². The summed E-state index contributed by atoms with van der Waals surface area (Å²) in [4.78, 5) is 23.6. The Labute approximate surface area is 115 Å². The van der Waals surface area contributed by atoms with Gasteiger partial charge in [-0.2, -0.15) is 0 Å². The molecule has 5 heteroatoms. The van der Waals surface area contributed by atoms with Crippen molar-refractivity contribution in [2.24, 2.45) is 11.8 Å². The quantitative estimate of drug-likeness (QED) is 0.709. The van der Waals surface area contributed by atoms with Crippen LogP contribution in [0.4, 0.5) is 0 Å². The van der Waals surface area contributed by atoms with Crippen LogP contribution in [0.3, 0.4) is 0 Å². The van der Waals surface area contributed by atoms with E-state index in [-0.39, 0.29) is 11.9 Å². The molecule has 2 N–H and O–H groups in total. The summed E-state index contributed by atoms with van der Waals surface area (Å²) in [5.74, 6) is 0.306. The molecule has 1 aliphatic heterocycles. The van der Waals surface area contributed by atoms with Gasteiger partial charge in [-0.15, -0.1) is 0 Å². The summed E-state index contributed by atoms with van der Waals surface area (Å²) >= 11 is 0. The second-order valence-corrected chi connectivity index (χ2v) is 5.69. The lowest BCUT2D eigenvalue weighted by Gasteiger charge is -2.24. The topological polar surface area (TPSA) is 67.4 Å². The van der Waals surface area contributed by atoms with Crippen molar-refractivity contribution in [2.45, 2.75) is 45.6 Å². The molecule has 2 unspecified atom stereocenters. The van der Waals surface area contributed by atoms with Gasteiger partial charge in [0.25, 0.3) is 0 Å². The van der Waals surface area contributed by atoms with Gasteiger partial charge in [0.2, 0.25) is 5.91 Å². The maximum atomic E-state index is 12.0. The Balaban J connectivity index is 2.43. The molecule has 0 aromatic rings. The molecule has 1 amide bonds. The number of nitrogens with one attached hydrogen (secondary N) is 2. The second kappa shape index (κ2) is 8.15. The normalized spacial score (nSPS) is 20.9. The number of hydrogen-bond acceptors (Lipinski definition) is 4. The molecule has 1 aliphatic rings. The van der Waals surface area contributed by atoms with E-state index >= 15 is 0 Å². The molecule has 1 heterocycles. The van der Waals surface area contributed by atoms with Gasteiger partial charge in [-0.05, 0) is 44.2 Å². The molecule has 5 nitrogen and oxygen atoms in total. The van der Waals surface area contributed by atoms with Gasteiger partial charge in [0.15, 0.2) is 0 Å². The number of rotatable bonds is 6. The third-order valence-electron chi connectivity index (χ3n) is 3.40. The highest BCUT2D eigenvalue weighted by molar-refractivity contribution is 5.84. The van der Waals surface area contributed by atoms with E-state index in [1.807, 2.05) is 13.8 Å². The van der Waals surface area contributed by atoms with Gasteiger partial charge in [-0.3, -0.25) is 4.79 Å². The lowest BCUT2D eigenvalue weighted by atomic mass is 9.95. The lowest BCUT2D eigenvalue weighted by molar-refractivity contribution is -0.145. The van der Waals surface area contributed by atoms with Gasteiger partial charge in [0.1, 0.15) is 6.04 Å². The van der Waals surface area contributed by atoms with E-state index in [4.69, 9.17) is 4.74 Å². The van der Waals surface area contributed by atoms with E-state index < -0.39 is 6.04 Å². The Hall–Kier alpha value is -1.10. The fourth-order valence-electron chi connectivity index (χ4n) is 2.44. The number of methoxy groups -OCH3 is 1. The van der Waals surface area contributed by atoms with Gasteiger partial charge < -0.3 is 15.4 Å². The van der Waals surface area contributed by atoms with Crippen LogP contribution in [0.5, 0.6) is 0 Å². The smallest absolute Gasteiger partial charge is 0.328 e. The summed E-state index contributed by atoms with van der Waals surface area (Å²) in [5, 5.41) is 6.09. The van der Waals surface area contributed by atoms with Crippen LogP contribution < -0.4 is 10.6 Å². The summed E-state index contributed by atoms with van der Waals surface area (Å²) in [7, 11) is 1.35. The minimum absolute atomic E-state index is 0.0512. The van der Waals surface area contributed by atoms with Gasteiger partial charge >= 0.3 is 5.97 Å². The van der Waals surface area contributed by atoms with Crippen molar-refractivity contribution in [3.05, 3.63) is 0 Å². The highest BCUT2D eigenvalue weighted by Gasteiger charge is 2.24. The largest absolute Gasteiger partial charge is 0.467 e. The van der Waals surface area contributed by atoms with Crippen molar-refractivity contribution < 1.29 is 14.3 Å². The highest BCUT2D eigenvalue weighted by Crippen LogP contribution is 2.14. The zero-order chi connectivity index (χ0) is 14.3. The summed E-state index contributed by atoms with van der Waals surface area (Å²) in [6, 6.07) is -0.519. The van der Waals surface area contributed by atoms with Gasteiger partial charge in [-0.1, -0.05) is 13.8 Å². The van der Waals surface area contributed by atoms with Crippen LogP contribution in [0.2, 0.25) is 0 Å². The zero-order valence-corrected chi connectivity index (χ0v) is 12.2. The minimum atomic E-state index is -0.519. The third kappa shape index (κ3) is 6.05. The molecule has 0 radical (unpaired) electrons. The van der Waals surface area contributed by atoms with E-state index in [1.165, 1.54) is 7.11 Å². The molecule has 0 aromatic carbocycles. The van der Waals surface area contributed by atoms with Crippen molar-refractivity contribution >= 4 is 11.9 Å². The van der Waals surface area contributed by atoms with Crippen LogP contribution in [0.15, 0.2) is 0 Å². The minimum Gasteiger partial charge on any atom is -0.467 e. The maximum Gasteiger partial charge on any atom is 0.328 e. The van der Waals surface area contributed by atoms with Crippen molar-refractivity contribution in [1.82, 2.24) is 10.6 Å². The molecule has 1 fully saturated rings. The molecule has 0 bridgehead atoms. The molecular formula is C14H26N2O3. The van der Waals surface area contributed by atoms with Crippen LogP contribution in [-0.4, -0.2) is 38.1 Å². The van der Waals surface area contributed by atoms with Crippen LogP contribution in [0.1, 0.15) is 39.5 Å². The predicted molar refractivity (Wildman–Crippen MR) is 73.6 cm³/mol. The van der Waals surface area contributed by atoms with Crippen molar-refractivity contribution in [3.8, 4) is 0 Å². The number of piperidine rings is 1. The third-order valence-corrected chi connectivity index (χ3v) is 3.40. The van der Waals surface area contributed by atoms with Crippen molar-refractivity contribution in [1.29, 1.82) is 0 Å². The molecule has 0 saturated carbocycles. The summed E-state index contributed by atoms with van der Waals surface area (Å²) < 4.78 is 4.74. The fraction of sp³-hybridized carbons (Fsp3) is 0.857. The molecule has 1 saturated heterocycles. The molecule has 110 valence electrons.